The highest BCUT2D eigenvalue weighted by Crippen LogP contribution is 2.31. The quantitative estimate of drug-likeness (QED) is 0.361. The molecule has 35 heavy (non-hydrogen) atoms. The minimum absolute atomic E-state index is 0.0403. The lowest BCUT2D eigenvalue weighted by Crippen LogP contribution is -2.58. The molecule has 0 saturated carbocycles. The minimum Gasteiger partial charge on any atom is -0.456 e. The molecule has 0 radical (unpaired) electrons. The van der Waals surface area contributed by atoms with Crippen LogP contribution in [0.15, 0.2) is 30.3 Å². The van der Waals surface area contributed by atoms with Crippen molar-refractivity contribution in [2.75, 3.05) is 6.61 Å². The molecule has 1 aromatic rings. The first-order valence-electron chi connectivity index (χ1n) is 12.0. The van der Waals surface area contributed by atoms with Crippen LogP contribution in [-0.2, 0) is 49.3 Å². The zero-order valence-corrected chi connectivity index (χ0v) is 20.3. The zero-order chi connectivity index (χ0) is 25.4. The van der Waals surface area contributed by atoms with Gasteiger partial charge in [0.15, 0.2) is 12.2 Å². The highest BCUT2D eigenvalue weighted by atomic mass is 16.7. The van der Waals surface area contributed by atoms with E-state index in [1.54, 1.807) is 20.8 Å². The first-order chi connectivity index (χ1) is 16.9. The molecule has 2 aliphatic rings. The summed E-state index contributed by atoms with van der Waals surface area (Å²) in [7, 11) is 0. The maximum atomic E-state index is 12.7. The maximum absolute atomic E-state index is 12.7. The predicted octanol–water partition coefficient (Wildman–Crippen LogP) is 3.27. The Balaban J connectivity index is 1.71. The van der Waals surface area contributed by atoms with Crippen LogP contribution in [0.4, 0.5) is 0 Å². The summed E-state index contributed by atoms with van der Waals surface area (Å²) in [5.41, 5.74) is 3.40. The molecule has 0 N–H and O–H groups in total. The van der Waals surface area contributed by atoms with Gasteiger partial charge in [0.05, 0.1) is 6.61 Å². The summed E-state index contributed by atoms with van der Waals surface area (Å²) >= 11 is 0. The molecule has 1 aromatic carbocycles. The van der Waals surface area contributed by atoms with Crippen molar-refractivity contribution in [3.05, 3.63) is 41.5 Å². The predicted molar refractivity (Wildman–Crippen MR) is 124 cm³/mol. The Morgan fingerprint density at radius 3 is 2.14 bits per heavy atom. The van der Waals surface area contributed by atoms with Crippen LogP contribution in [0.5, 0.6) is 0 Å². The zero-order valence-electron chi connectivity index (χ0n) is 20.3. The van der Waals surface area contributed by atoms with Crippen molar-refractivity contribution in [2.24, 2.45) is 0 Å². The fourth-order valence-corrected chi connectivity index (χ4v) is 3.95. The van der Waals surface area contributed by atoms with E-state index in [0.29, 0.717) is 6.42 Å². The van der Waals surface area contributed by atoms with Gasteiger partial charge in [-0.25, -0.2) is 0 Å². The van der Waals surface area contributed by atoms with Gasteiger partial charge in [0.1, 0.15) is 0 Å². The molecule has 4 atom stereocenters. The monoisotopic (exact) mass is 488 g/mol. The molecule has 1 aliphatic carbocycles. The lowest BCUT2D eigenvalue weighted by atomic mass is 10.0. The van der Waals surface area contributed by atoms with Crippen molar-refractivity contribution in [1.29, 1.82) is 0 Å². The molecular formula is C26H32O9. The number of esters is 4. The molecule has 0 aromatic heterocycles. The Hall–Kier alpha value is -3.20. The van der Waals surface area contributed by atoms with Crippen LogP contribution in [0, 0.1) is 0 Å². The SMILES string of the molecule is CCC(=O)O[C@H]1[C@H](OC(=O)CC)COC(OC(=O)CCC2=CCc3ccccc32)[C@@H]1OC(=O)CC. The minimum atomic E-state index is -1.31. The van der Waals surface area contributed by atoms with E-state index < -0.39 is 48.5 Å². The van der Waals surface area contributed by atoms with E-state index in [4.69, 9.17) is 23.7 Å². The number of hydrogen-bond acceptors (Lipinski definition) is 9. The molecule has 190 valence electrons. The maximum Gasteiger partial charge on any atom is 0.308 e. The van der Waals surface area contributed by atoms with Gasteiger partial charge < -0.3 is 23.7 Å². The molecule has 1 fully saturated rings. The smallest absolute Gasteiger partial charge is 0.308 e. The van der Waals surface area contributed by atoms with Crippen LogP contribution < -0.4 is 0 Å². The van der Waals surface area contributed by atoms with Gasteiger partial charge >= 0.3 is 23.9 Å². The summed E-state index contributed by atoms with van der Waals surface area (Å²) in [6.07, 6.45) is -1.10. The van der Waals surface area contributed by atoms with Crippen LogP contribution >= 0.6 is 0 Å². The highest BCUT2D eigenvalue weighted by Gasteiger charge is 2.49. The molecular weight excluding hydrogens is 456 g/mol. The number of carbonyl (C=O) groups is 4. The van der Waals surface area contributed by atoms with E-state index >= 15 is 0 Å². The van der Waals surface area contributed by atoms with Gasteiger partial charge in [-0.2, -0.15) is 0 Å². The Labute approximate surface area is 204 Å². The lowest BCUT2D eigenvalue weighted by molar-refractivity contribution is -0.275. The molecule has 0 amide bonds. The molecule has 9 nitrogen and oxygen atoms in total. The van der Waals surface area contributed by atoms with Crippen molar-refractivity contribution in [1.82, 2.24) is 0 Å². The van der Waals surface area contributed by atoms with Crippen LogP contribution in [0.2, 0.25) is 0 Å². The van der Waals surface area contributed by atoms with Crippen LogP contribution in [0.3, 0.4) is 0 Å². The second-order valence-corrected chi connectivity index (χ2v) is 8.28. The average molecular weight is 489 g/mol. The van der Waals surface area contributed by atoms with E-state index in [1.165, 1.54) is 5.56 Å². The third kappa shape index (κ3) is 6.91. The van der Waals surface area contributed by atoms with Crippen molar-refractivity contribution in [3.63, 3.8) is 0 Å². The van der Waals surface area contributed by atoms with Crippen molar-refractivity contribution in [3.8, 4) is 0 Å². The van der Waals surface area contributed by atoms with Crippen LogP contribution in [-0.4, -0.2) is 55.1 Å². The molecule has 1 saturated heterocycles. The molecule has 1 aliphatic heterocycles. The normalized spacial score (nSPS) is 23.0. The van der Waals surface area contributed by atoms with Crippen molar-refractivity contribution < 1.29 is 42.9 Å². The van der Waals surface area contributed by atoms with Gasteiger partial charge in [0, 0.05) is 25.7 Å². The number of carbonyl (C=O) groups excluding carboxylic acids is 4. The molecule has 1 unspecified atom stereocenters. The largest absolute Gasteiger partial charge is 0.456 e. The summed E-state index contributed by atoms with van der Waals surface area (Å²) in [6, 6.07) is 8.01. The summed E-state index contributed by atoms with van der Waals surface area (Å²) < 4.78 is 27.5. The number of fused-ring (bicyclic) bond motifs is 1. The van der Waals surface area contributed by atoms with E-state index in [-0.39, 0.29) is 32.3 Å². The third-order valence-electron chi connectivity index (χ3n) is 5.84. The highest BCUT2D eigenvalue weighted by molar-refractivity contribution is 5.78. The first-order valence-corrected chi connectivity index (χ1v) is 12.0. The van der Waals surface area contributed by atoms with Gasteiger partial charge in [-0.1, -0.05) is 51.1 Å². The number of ether oxygens (including phenoxy) is 5. The van der Waals surface area contributed by atoms with Crippen molar-refractivity contribution >= 4 is 29.5 Å². The standard InChI is InChI=1S/C26H32O9/c1-4-20(27)32-19-15-31-26(25(34-22(29)6-3)24(19)33-21(28)5-2)35-23(30)14-13-17-12-11-16-9-7-8-10-18(16)17/h7-10,12,19,24-26H,4-6,11,13-15H2,1-3H3/t19-,24+,25-,26?/m1/s1. The topological polar surface area (TPSA) is 114 Å². The van der Waals surface area contributed by atoms with Gasteiger partial charge in [0.25, 0.3) is 0 Å². The first kappa shape index (κ1) is 26.4. The van der Waals surface area contributed by atoms with E-state index in [0.717, 1.165) is 17.6 Å². The van der Waals surface area contributed by atoms with Gasteiger partial charge in [-0.3, -0.25) is 19.2 Å². The summed E-state index contributed by atoms with van der Waals surface area (Å²) in [4.78, 5) is 48.9. The number of hydrogen-bond donors (Lipinski definition) is 0. The Morgan fingerprint density at radius 1 is 0.829 bits per heavy atom. The van der Waals surface area contributed by atoms with E-state index in [2.05, 4.69) is 12.1 Å². The Bertz CT molecular complexity index is 967. The van der Waals surface area contributed by atoms with Crippen LogP contribution in [0.1, 0.15) is 64.0 Å². The van der Waals surface area contributed by atoms with Crippen LogP contribution in [0.25, 0.3) is 5.57 Å². The molecule has 0 bridgehead atoms. The summed E-state index contributed by atoms with van der Waals surface area (Å²) in [6.45, 7) is 4.64. The number of rotatable bonds is 10. The molecule has 3 rings (SSSR count). The fourth-order valence-electron chi connectivity index (χ4n) is 3.95. The molecule has 0 spiro atoms. The second kappa shape index (κ2) is 12.5. The average Bonchev–Trinajstić information content (AvgIpc) is 3.28. The van der Waals surface area contributed by atoms with Gasteiger partial charge in [0.2, 0.25) is 12.4 Å². The van der Waals surface area contributed by atoms with E-state index in [1.807, 2.05) is 18.2 Å². The van der Waals surface area contributed by atoms with Gasteiger partial charge in [-0.15, -0.1) is 0 Å². The summed E-state index contributed by atoms with van der Waals surface area (Å²) in [5.74, 6) is -2.27. The Kier molecular flexibility index (Phi) is 9.42. The number of allylic oxidation sites excluding steroid dienone is 2. The van der Waals surface area contributed by atoms with E-state index in [9.17, 15) is 19.2 Å². The second-order valence-electron chi connectivity index (χ2n) is 8.28. The summed E-state index contributed by atoms with van der Waals surface area (Å²) in [5, 5.41) is 0. The van der Waals surface area contributed by atoms with Gasteiger partial charge in [-0.05, 0) is 29.5 Å². The third-order valence-corrected chi connectivity index (χ3v) is 5.84. The molecule has 9 heteroatoms. The lowest BCUT2D eigenvalue weighted by Gasteiger charge is -2.40. The molecule has 1 heterocycles. The fraction of sp³-hybridized carbons (Fsp3) is 0.538. The van der Waals surface area contributed by atoms with Crippen molar-refractivity contribution in [2.45, 2.75) is 83.9 Å². The number of benzene rings is 1. The Morgan fingerprint density at radius 2 is 1.46 bits per heavy atom.